The molecule has 0 bridgehead atoms. The van der Waals surface area contributed by atoms with Crippen molar-refractivity contribution in [2.45, 2.75) is 10.8 Å². The van der Waals surface area contributed by atoms with E-state index in [0.717, 1.165) is 16.3 Å². The number of rotatable bonds is 8. The van der Waals surface area contributed by atoms with E-state index in [2.05, 4.69) is 27.1 Å². The number of benzene rings is 1. The molecule has 8 nitrogen and oxygen atoms in total. The summed E-state index contributed by atoms with van der Waals surface area (Å²) in [5.74, 6) is 0.534. The van der Waals surface area contributed by atoms with Crippen molar-refractivity contribution in [3.63, 3.8) is 0 Å². The molecule has 35 heavy (non-hydrogen) atoms. The molecular weight excluding hydrogens is 522 g/mol. The predicted octanol–water partition coefficient (Wildman–Crippen LogP) is 5.03. The molecular formula is C23H18ClN7OS3. The smallest absolute Gasteiger partial charge is 0.185 e. The average Bonchev–Trinajstić information content (AvgIpc) is 3.53. The van der Waals surface area contributed by atoms with E-state index in [-0.39, 0.29) is 23.6 Å². The minimum atomic E-state index is -0.0162. The Morgan fingerprint density at radius 1 is 1.17 bits per heavy atom. The van der Waals surface area contributed by atoms with Crippen LogP contribution in [0.3, 0.4) is 0 Å². The summed E-state index contributed by atoms with van der Waals surface area (Å²) in [7, 11) is 1.81. The zero-order chi connectivity index (χ0) is 24.9. The number of pyridine rings is 1. The molecule has 0 saturated heterocycles. The lowest BCUT2D eigenvalue weighted by Crippen LogP contribution is -2.20. The number of thiazole rings is 2. The third-order valence-electron chi connectivity index (χ3n) is 4.92. The fourth-order valence-electron chi connectivity index (χ4n) is 3.19. The number of anilines is 2. The Kier molecular flexibility index (Phi) is 7.86. The molecule has 3 N–H and O–H groups in total. The van der Waals surface area contributed by atoms with Crippen molar-refractivity contribution in [2.75, 3.05) is 30.8 Å². The van der Waals surface area contributed by atoms with E-state index in [1.54, 1.807) is 11.1 Å². The normalized spacial score (nSPS) is 10.7. The summed E-state index contributed by atoms with van der Waals surface area (Å²) >= 11 is 10.2. The van der Waals surface area contributed by atoms with Crippen LogP contribution in [0, 0.1) is 22.7 Å². The highest BCUT2D eigenvalue weighted by atomic mass is 35.5. The molecule has 0 aliphatic heterocycles. The summed E-state index contributed by atoms with van der Waals surface area (Å²) < 4.78 is 0. The summed E-state index contributed by atoms with van der Waals surface area (Å²) in [4.78, 5) is 15.9. The Morgan fingerprint density at radius 3 is 2.60 bits per heavy atom. The lowest BCUT2D eigenvalue weighted by Gasteiger charge is -2.13. The molecule has 4 rings (SSSR count). The molecule has 0 amide bonds. The van der Waals surface area contributed by atoms with Crippen molar-refractivity contribution in [3.8, 4) is 33.2 Å². The van der Waals surface area contributed by atoms with Crippen LogP contribution in [0.1, 0.15) is 16.8 Å². The molecule has 0 fully saturated rings. The first-order valence-electron chi connectivity index (χ1n) is 10.2. The van der Waals surface area contributed by atoms with E-state index in [1.807, 2.05) is 36.7 Å². The molecule has 3 heterocycles. The lowest BCUT2D eigenvalue weighted by molar-refractivity contribution is 0.304. The number of halogens is 1. The maximum Gasteiger partial charge on any atom is 0.185 e. The highest BCUT2D eigenvalue weighted by Crippen LogP contribution is 2.40. The fraction of sp³-hybridized carbons (Fsp3) is 0.174. The predicted molar refractivity (Wildman–Crippen MR) is 142 cm³/mol. The average molecular weight is 540 g/mol. The lowest BCUT2D eigenvalue weighted by atomic mass is 10.0. The zero-order valence-corrected chi connectivity index (χ0v) is 21.6. The summed E-state index contributed by atoms with van der Waals surface area (Å²) in [6.45, 7) is 0.395. The van der Waals surface area contributed by atoms with E-state index in [9.17, 15) is 15.6 Å². The summed E-state index contributed by atoms with van der Waals surface area (Å²) in [5, 5.41) is 33.5. The second kappa shape index (κ2) is 11.0. The Labute approximate surface area is 219 Å². The second-order valence-electron chi connectivity index (χ2n) is 7.24. The summed E-state index contributed by atoms with van der Waals surface area (Å²) in [6, 6.07) is 11.8. The number of nitrogen functional groups attached to an aromatic ring is 1. The van der Waals surface area contributed by atoms with Gasteiger partial charge in [-0.05, 0) is 12.1 Å². The number of nitrogens with zero attached hydrogens (tertiary/aromatic N) is 6. The molecule has 3 aromatic heterocycles. The topological polar surface area (TPSA) is 136 Å². The molecule has 0 radical (unpaired) electrons. The molecule has 12 heteroatoms. The van der Waals surface area contributed by atoms with Crippen LogP contribution in [0.5, 0.6) is 0 Å². The molecule has 0 saturated carbocycles. The summed E-state index contributed by atoms with van der Waals surface area (Å²) in [5.41, 5.74) is 8.78. The quantitative estimate of drug-likeness (QED) is 0.295. The monoisotopic (exact) mass is 539 g/mol. The minimum absolute atomic E-state index is 0.0162. The minimum Gasteiger partial charge on any atom is -0.395 e. The van der Waals surface area contributed by atoms with Crippen molar-refractivity contribution in [1.29, 1.82) is 10.5 Å². The maximum absolute atomic E-state index is 10.0. The third-order valence-corrected chi connectivity index (χ3v) is 8.25. The van der Waals surface area contributed by atoms with E-state index in [1.165, 1.54) is 34.4 Å². The van der Waals surface area contributed by atoms with Crippen molar-refractivity contribution in [3.05, 3.63) is 57.7 Å². The highest BCUT2D eigenvalue weighted by Gasteiger charge is 2.23. The van der Waals surface area contributed by atoms with Crippen molar-refractivity contribution in [2.24, 2.45) is 0 Å². The number of thioether (sulfide) groups is 1. The molecule has 176 valence electrons. The SMILES string of the molecule is CN(CCO)c1ncc(-c2c(C#N)c(N)nc(SCc3csc(-c4ccc(Cl)cc4)n3)c2C#N)s1. The highest BCUT2D eigenvalue weighted by molar-refractivity contribution is 7.98. The van der Waals surface area contributed by atoms with Gasteiger partial charge in [0.1, 0.15) is 33.6 Å². The molecule has 1 aromatic carbocycles. The van der Waals surface area contributed by atoms with Crippen LogP contribution in [-0.4, -0.2) is 40.3 Å². The maximum atomic E-state index is 10.0. The number of likely N-dealkylation sites (N-methyl/N-ethyl adjacent to an activating group) is 1. The van der Waals surface area contributed by atoms with E-state index in [0.29, 0.717) is 37.9 Å². The molecule has 0 aliphatic carbocycles. The van der Waals surface area contributed by atoms with Crippen LogP contribution in [0.4, 0.5) is 10.9 Å². The Balaban J connectivity index is 1.64. The van der Waals surface area contributed by atoms with E-state index < -0.39 is 0 Å². The largest absolute Gasteiger partial charge is 0.395 e. The van der Waals surface area contributed by atoms with Crippen molar-refractivity contribution < 1.29 is 5.11 Å². The standard InChI is InChI=1S/C23H18ClN7OS3/c1-31(6-7-32)23-28-10-18(35-23)19-16(8-25)20(27)30-22(17(19)9-26)34-12-15-11-33-21(29-15)13-2-4-14(24)5-3-13/h2-5,10-11,32H,6-7,12H2,1H3,(H2,27,30). The van der Waals surface area contributed by atoms with Gasteiger partial charge in [0.2, 0.25) is 0 Å². The number of aromatic nitrogens is 3. The molecule has 0 atom stereocenters. The van der Waals surface area contributed by atoms with Gasteiger partial charge in [-0.15, -0.1) is 11.3 Å². The first-order chi connectivity index (χ1) is 16.9. The van der Waals surface area contributed by atoms with Gasteiger partial charge in [-0.2, -0.15) is 10.5 Å². The van der Waals surface area contributed by atoms with Gasteiger partial charge in [-0.3, -0.25) is 0 Å². The first-order valence-corrected chi connectivity index (χ1v) is 13.3. The third kappa shape index (κ3) is 5.40. The number of nitrogens with two attached hydrogens (primary N) is 1. The van der Waals surface area contributed by atoms with Gasteiger partial charge in [0.05, 0.1) is 22.7 Å². The summed E-state index contributed by atoms with van der Waals surface area (Å²) in [6.07, 6.45) is 1.61. The Bertz CT molecular complexity index is 1440. The second-order valence-corrected chi connectivity index (χ2v) is 10.5. The molecule has 0 spiro atoms. The zero-order valence-electron chi connectivity index (χ0n) is 18.4. The number of nitriles is 2. The van der Waals surface area contributed by atoms with Gasteiger partial charge in [0, 0.05) is 47.1 Å². The van der Waals surface area contributed by atoms with Gasteiger partial charge >= 0.3 is 0 Å². The Hall–Kier alpha value is -3.19. The van der Waals surface area contributed by atoms with Crippen molar-refractivity contribution >= 4 is 57.0 Å². The Morgan fingerprint density at radius 2 is 1.91 bits per heavy atom. The fourth-order valence-corrected chi connectivity index (χ4v) is 6.10. The van der Waals surface area contributed by atoms with Crippen LogP contribution in [0.15, 0.2) is 40.9 Å². The number of aliphatic hydroxyl groups excluding tert-OH is 1. The van der Waals surface area contributed by atoms with Gasteiger partial charge in [-0.1, -0.05) is 46.8 Å². The van der Waals surface area contributed by atoms with Crippen LogP contribution >= 0.6 is 46.0 Å². The van der Waals surface area contributed by atoms with Gasteiger partial charge in [0.25, 0.3) is 0 Å². The molecule has 0 unspecified atom stereocenters. The van der Waals surface area contributed by atoms with Crippen LogP contribution < -0.4 is 10.6 Å². The van der Waals surface area contributed by atoms with Crippen LogP contribution in [0.25, 0.3) is 21.0 Å². The molecule has 0 aliphatic rings. The van der Waals surface area contributed by atoms with Gasteiger partial charge in [0.15, 0.2) is 5.13 Å². The number of hydrogen-bond donors (Lipinski definition) is 2. The van der Waals surface area contributed by atoms with Crippen molar-refractivity contribution in [1.82, 2.24) is 15.0 Å². The van der Waals surface area contributed by atoms with E-state index in [4.69, 9.17) is 17.3 Å². The molecule has 4 aromatic rings. The van der Waals surface area contributed by atoms with Gasteiger partial charge in [-0.25, -0.2) is 15.0 Å². The first kappa shape index (κ1) is 24.9. The van der Waals surface area contributed by atoms with Crippen LogP contribution in [-0.2, 0) is 5.75 Å². The van der Waals surface area contributed by atoms with E-state index >= 15 is 0 Å². The van der Waals surface area contributed by atoms with Crippen LogP contribution in [0.2, 0.25) is 5.02 Å². The van der Waals surface area contributed by atoms with Gasteiger partial charge < -0.3 is 15.7 Å². The number of aliphatic hydroxyl groups is 1. The number of hydrogen-bond acceptors (Lipinski definition) is 11.